The number of rotatable bonds is 7. The van der Waals surface area contributed by atoms with Crippen LogP contribution in [0.25, 0.3) is 0 Å². The van der Waals surface area contributed by atoms with Crippen LogP contribution in [0.2, 0.25) is 0 Å². The summed E-state index contributed by atoms with van der Waals surface area (Å²) in [5, 5.41) is 17.5. The predicted molar refractivity (Wildman–Crippen MR) is 50.9 cm³/mol. The van der Waals surface area contributed by atoms with Crippen molar-refractivity contribution in [3.63, 3.8) is 0 Å². The Kier molecular flexibility index (Phi) is 8.07. The highest BCUT2D eigenvalue weighted by Gasteiger charge is 1.99. The maximum absolute atomic E-state index is 8.98. The van der Waals surface area contributed by atoms with E-state index >= 15 is 0 Å². The second kappa shape index (κ2) is 8.50. The van der Waals surface area contributed by atoms with Crippen LogP contribution in [0.15, 0.2) is 24.8 Å². The van der Waals surface area contributed by atoms with Gasteiger partial charge in [0, 0.05) is 0 Å². The van der Waals surface area contributed by atoms with Gasteiger partial charge < -0.3 is 10.2 Å². The van der Waals surface area contributed by atoms with E-state index in [1.54, 1.807) is 6.08 Å². The normalized spacial score (nSPS) is 13.5. The van der Waals surface area contributed by atoms with E-state index in [0.29, 0.717) is 6.42 Å². The highest BCUT2D eigenvalue weighted by Crippen LogP contribution is 2.03. The molecule has 0 aliphatic rings. The summed E-state index contributed by atoms with van der Waals surface area (Å²) in [6.45, 7) is 3.44. The smallest absolute Gasteiger partial charge is 0.0770 e. The van der Waals surface area contributed by atoms with Crippen LogP contribution in [-0.4, -0.2) is 22.9 Å². The van der Waals surface area contributed by atoms with Crippen molar-refractivity contribution in [1.29, 1.82) is 0 Å². The Morgan fingerprint density at radius 2 is 2.08 bits per heavy atom. The highest BCUT2D eigenvalue weighted by atomic mass is 16.3. The molecule has 1 unspecified atom stereocenters. The second-order valence-corrected chi connectivity index (χ2v) is 2.78. The van der Waals surface area contributed by atoms with Crippen molar-refractivity contribution in [2.45, 2.75) is 31.8 Å². The lowest BCUT2D eigenvalue weighted by atomic mass is 10.1. The molecule has 1 atom stereocenters. The minimum Gasteiger partial charge on any atom is -0.394 e. The summed E-state index contributed by atoms with van der Waals surface area (Å²) in [7, 11) is 0. The van der Waals surface area contributed by atoms with Gasteiger partial charge in [0.25, 0.3) is 0 Å². The van der Waals surface area contributed by atoms with E-state index in [4.69, 9.17) is 10.2 Å². The molecule has 0 aromatic carbocycles. The van der Waals surface area contributed by atoms with Gasteiger partial charge in [0.05, 0.1) is 12.7 Å². The molecule has 2 nitrogen and oxygen atoms in total. The second-order valence-electron chi connectivity index (χ2n) is 2.78. The van der Waals surface area contributed by atoms with E-state index < -0.39 is 6.10 Å². The van der Waals surface area contributed by atoms with Crippen LogP contribution in [0.3, 0.4) is 0 Å². The first-order chi connectivity index (χ1) is 5.81. The van der Waals surface area contributed by atoms with Gasteiger partial charge in [0.2, 0.25) is 0 Å². The number of hydrogen-bond donors (Lipinski definition) is 2. The van der Waals surface area contributed by atoms with Gasteiger partial charge in [-0.3, -0.25) is 0 Å². The van der Waals surface area contributed by atoms with E-state index in [2.05, 4.69) is 12.7 Å². The molecule has 0 bridgehead atoms. The van der Waals surface area contributed by atoms with Gasteiger partial charge in [-0.1, -0.05) is 31.2 Å². The van der Waals surface area contributed by atoms with E-state index in [0.717, 1.165) is 19.3 Å². The Balaban J connectivity index is 3.10. The van der Waals surface area contributed by atoms with Gasteiger partial charge in [-0.15, -0.1) is 0 Å². The molecule has 0 saturated carbocycles. The van der Waals surface area contributed by atoms with Crippen LogP contribution in [-0.2, 0) is 0 Å². The van der Waals surface area contributed by atoms with Crippen LogP contribution in [0.1, 0.15) is 25.7 Å². The Hall–Kier alpha value is -0.600. The molecule has 0 fully saturated rings. The summed E-state index contributed by atoms with van der Waals surface area (Å²) in [5.41, 5.74) is 0. The molecule has 0 radical (unpaired) electrons. The zero-order valence-electron chi connectivity index (χ0n) is 7.45. The minimum atomic E-state index is -0.534. The standard InChI is InChI=1S/C10H18O2/c1-2-3-4-5-6-7-8-10(12)9-11/h2-4,10-12H,1,5-9H2. The van der Waals surface area contributed by atoms with Crippen LogP contribution in [0.4, 0.5) is 0 Å². The topological polar surface area (TPSA) is 40.5 Å². The van der Waals surface area contributed by atoms with E-state index in [1.807, 2.05) is 6.08 Å². The van der Waals surface area contributed by atoms with Crippen LogP contribution < -0.4 is 0 Å². The molecule has 2 N–H and O–H groups in total. The Morgan fingerprint density at radius 3 is 2.67 bits per heavy atom. The van der Waals surface area contributed by atoms with Gasteiger partial charge in [0.15, 0.2) is 0 Å². The fourth-order valence-corrected chi connectivity index (χ4v) is 0.926. The highest BCUT2D eigenvalue weighted by molar-refractivity contribution is 4.96. The average Bonchev–Trinajstić information content (AvgIpc) is 2.10. The molecule has 0 amide bonds. The maximum Gasteiger partial charge on any atom is 0.0770 e. The molecule has 0 spiro atoms. The minimum absolute atomic E-state index is 0.123. The fourth-order valence-electron chi connectivity index (χ4n) is 0.926. The molecule has 2 heteroatoms. The average molecular weight is 170 g/mol. The molecule has 0 rings (SSSR count). The molecule has 0 aromatic heterocycles. The van der Waals surface area contributed by atoms with Crippen molar-refractivity contribution in [1.82, 2.24) is 0 Å². The largest absolute Gasteiger partial charge is 0.394 e. The van der Waals surface area contributed by atoms with Crippen molar-refractivity contribution >= 4 is 0 Å². The lowest BCUT2D eigenvalue weighted by Gasteiger charge is -2.04. The molecular weight excluding hydrogens is 152 g/mol. The molecule has 0 heterocycles. The van der Waals surface area contributed by atoms with Crippen molar-refractivity contribution in [3.8, 4) is 0 Å². The Bertz CT molecular complexity index is 130. The lowest BCUT2D eigenvalue weighted by Crippen LogP contribution is -2.10. The lowest BCUT2D eigenvalue weighted by molar-refractivity contribution is 0.0862. The quantitative estimate of drug-likeness (QED) is 0.450. The first kappa shape index (κ1) is 11.4. The van der Waals surface area contributed by atoms with Gasteiger partial charge in [-0.05, 0) is 19.3 Å². The van der Waals surface area contributed by atoms with Crippen molar-refractivity contribution in [2.75, 3.05) is 6.61 Å². The molecule has 12 heavy (non-hydrogen) atoms. The van der Waals surface area contributed by atoms with E-state index in [1.165, 1.54) is 0 Å². The molecule has 0 aliphatic heterocycles. The molecule has 70 valence electrons. The van der Waals surface area contributed by atoms with E-state index in [9.17, 15) is 0 Å². The third-order valence-electron chi connectivity index (χ3n) is 1.64. The van der Waals surface area contributed by atoms with Crippen LogP contribution >= 0.6 is 0 Å². The summed E-state index contributed by atoms with van der Waals surface area (Å²) in [6.07, 6.45) is 8.92. The third-order valence-corrected chi connectivity index (χ3v) is 1.64. The van der Waals surface area contributed by atoms with Crippen LogP contribution in [0, 0.1) is 0 Å². The molecule has 0 aliphatic carbocycles. The molecule has 0 saturated heterocycles. The summed E-state index contributed by atoms with van der Waals surface area (Å²) < 4.78 is 0. The third kappa shape index (κ3) is 7.51. The first-order valence-corrected chi connectivity index (χ1v) is 4.37. The number of aliphatic hydroxyl groups is 2. The monoisotopic (exact) mass is 170 g/mol. The predicted octanol–water partition coefficient (Wildman–Crippen LogP) is 1.64. The van der Waals surface area contributed by atoms with Gasteiger partial charge in [0.1, 0.15) is 0 Å². The molecular formula is C10H18O2. The summed E-state index contributed by atoms with van der Waals surface area (Å²) >= 11 is 0. The summed E-state index contributed by atoms with van der Waals surface area (Å²) in [6, 6.07) is 0. The number of hydrogen-bond acceptors (Lipinski definition) is 2. The van der Waals surface area contributed by atoms with Gasteiger partial charge in [-0.25, -0.2) is 0 Å². The number of allylic oxidation sites excluding steroid dienone is 3. The summed E-state index contributed by atoms with van der Waals surface area (Å²) in [4.78, 5) is 0. The zero-order valence-corrected chi connectivity index (χ0v) is 7.45. The van der Waals surface area contributed by atoms with Crippen molar-refractivity contribution in [2.24, 2.45) is 0 Å². The number of aliphatic hydroxyl groups excluding tert-OH is 2. The van der Waals surface area contributed by atoms with Gasteiger partial charge >= 0.3 is 0 Å². The van der Waals surface area contributed by atoms with Crippen molar-refractivity contribution in [3.05, 3.63) is 24.8 Å². The summed E-state index contributed by atoms with van der Waals surface area (Å²) in [5.74, 6) is 0. The maximum atomic E-state index is 8.98. The Morgan fingerprint density at radius 1 is 1.33 bits per heavy atom. The van der Waals surface area contributed by atoms with E-state index in [-0.39, 0.29) is 6.61 Å². The zero-order chi connectivity index (χ0) is 9.23. The first-order valence-electron chi connectivity index (χ1n) is 4.37. The number of unbranched alkanes of at least 4 members (excludes halogenated alkanes) is 2. The fraction of sp³-hybridized carbons (Fsp3) is 0.600. The SMILES string of the molecule is C=CC=CCCCCC(O)CO. The Labute approximate surface area is 74.2 Å². The molecule has 0 aromatic rings. The van der Waals surface area contributed by atoms with Crippen molar-refractivity contribution < 1.29 is 10.2 Å². The van der Waals surface area contributed by atoms with Gasteiger partial charge in [-0.2, -0.15) is 0 Å². The van der Waals surface area contributed by atoms with Crippen LogP contribution in [0.5, 0.6) is 0 Å².